The molecular weight excluding hydrogens is 268 g/mol. The molecule has 21 heavy (non-hydrogen) atoms. The molecule has 1 saturated carbocycles. The number of rotatable bonds is 5. The maximum atomic E-state index is 12.0. The lowest BCUT2D eigenvalue weighted by atomic mass is 9.84. The quantitative estimate of drug-likeness (QED) is 0.667. The van der Waals surface area contributed by atoms with Crippen molar-refractivity contribution in [2.75, 3.05) is 0 Å². The van der Waals surface area contributed by atoms with Gasteiger partial charge in [0.2, 0.25) is 0 Å². The molecule has 1 fully saturated rings. The van der Waals surface area contributed by atoms with Crippen molar-refractivity contribution in [1.82, 2.24) is 0 Å². The SMILES string of the molecule is O=C(CC12C=CC(CC1)C2)OCc1ccccc1C(=O)O. The van der Waals surface area contributed by atoms with E-state index in [9.17, 15) is 9.59 Å². The molecule has 2 unspecified atom stereocenters. The Balaban J connectivity index is 1.59. The molecule has 2 aliphatic carbocycles. The highest BCUT2D eigenvalue weighted by Gasteiger charge is 2.42. The van der Waals surface area contributed by atoms with Gasteiger partial charge in [0.1, 0.15) is 6.61 Å². The number of hydrogen-bond donors (Lipinski definition) is 1. The maximum Gasteiger partial charge on any atom is 0.336 e. The minimum absolute atomic E-state index is 0.00589. The summed E-state index contributed by atoms with van der Waals surface area (Å²) in [6, 6.07) is 6.60. The Labute approximate surface area is 123 Å². The molecule has 0 saturated heterocycles. The molecular formula is C17H18O4. The smallest absolute Gasteiger partial charge is 0.336 e. The normalized spacial score (nSPS) is 26.0. The van der Waals surface area contributed by atoms with Gasteiger partial charge in [-0.15, -0.1) is 0 Å². The van der Waals surface area contributed by atoms with Crippen LogP contribution >= 0.6 is 0 Å². The van der Waals surface area contributed by atoms with Crippen LogP contribution in [0.4, 0.5) is 0 Å². The van der Waals surface area contributed by atoms with Crippen molar-refractivity contribution < 1.29 is 19.4 Å². The van der Waals surface area contributed by atoms with Gasteiger partial charge in [-0.2, -0.15) is 0 Å². The summed E-state index contributed by atoms with van der Waals surface area (Å²) in [4.78, 5) is 23.1. The number of carbonyl (C=O) groups is 2. The molecule has 0 amide bonds. The van der Waals surface area contributed by atoms with E-state index in [1.807, 2.05) is 0 Å². The number of ether oxygens (including phenoxy) is 1. The summed E-state index contributed by atoms with van der Waals surface area (Å²) in [5.41, 5.74) is 0.709. The Morgan fingerprint density at radius 1 is 1.33 bits per heavy atom. The van der Waals surface area contributed by atoms with Gasteiger partial charge in [0.25, 0.3) is 0 Å². The average Bonchev–Trinajstić information content (AvgIpc) is 3.05. The van der Waals surface area contributed by atoms with Crippen molar-refractivity contribution in [3.8, 4) is 0 Å². The number of allylic oxidation sites excluding steroid dienone is 2. The van der Waals surface area contributed by atoms with Gasteiger partial charge < -0.3 is 9.84 Å². The number of benzene rings is 1. The largest absolute Gasteiger partial charge is 0.478 e. The van der Waals surface area contributed by atoms with Crippen LogP contribution in [0.25, 0.3) is 0 Å². The van der Waals surface area contributed by atoms with Crippen LogP contribution in [0.15, 0.2) is 36.4 Å². The summed E-state index contributed by atoms with van der Waals surface area (Å²) in [5.74, 6) is -0.620. The summed E-state index contributed by atoms with van der Waals surface area (Å²) in [6.07, 6.45) is 8.02. The fourth-order valence-corrected chi connectivity index (χ4v) is 3.43. The second-order valence-corrected chi connectivity index (χ2v) is 6.02. The molecule has 3 rings (SSSR count). The van der Waals surface area contributed by atoms with Crippen molar-refractivity contribution in [2.45, 2.75) is 32.3 Å². The molecule has 1 aromatic rings. The topological polar surface area (TPSA) is 63.6 Å². The van der Waals surface area contributed by atoms with Crippen LogP contribution in [0, 0.1) is 11.3 Å². The summed E-state index contributed by atoms with van der Waals surface area (Å²) in [5, 5.41) is 9.10. The Morgan fingerprint density at radius 2 is 2.14 bits per heavy atom. The minimum atomic E-state index is -1.00. The molecule has 0 radical (unpaired) electrons. The second-order valence-electron chi connectivity index (χ2n) is 6.02. The average molecular weight is 286 g/mol. The lowest BCUT2D eigenvalue weighted by Crippen LogP contribution is -2.19. The number of carbonyl (C=O) groups excluding carboxylic acids is 1. The van der Waals surface area contributed by atoms with E-state index in [-0.39, 0.29) is 23.6 Å². The summed E-state index contributed by atoms with van der Waals surface area (Å²) in [6.45, 7) is 0.0184. The van der Waals surface area contributed by atoms with E-state index in [1.54, 1.807) is 18.2 Å². The second kappa shape index (κ2) is 5.35. The van der Waals surface area contributed by atoms with Crippen LogP contribution in [0.5, 0.6) is 0 Å². The van der Waals surface area contributed by atoms with Crippen molar-refractivity contribution in [3.05, 3.63) is 47.5 Å². The van der Waals surface area contributed by atoms with E-state index in [4.69, 9.17) is 9.84 Å². The van der Waals surface area contributed by atoms with Crippen LogP contribution in [0.1, 0.15) is 41.6 Å². The van der Waals surface area contributed by atoms with Crippen LogP contribution in [0.3, 0.4) is 0 Å². The third-order valence-corrected chi connectivity index (χ3v) is 4.54. The first kappa shape index (κ1) is 13.9. The number of carboxylic acid groups (broad SMARTS) is 1. The number of hydrogen-bond acceptors (Lipinski definition) is 3. The van der Waals surface area contributed by atoms with Gasteiger partial charge in [-0.05, 0) is 36.7 Å². The standard InChI is InChI=1S/C17H18O4/c18-15(10-17-7-5-12(9-17)6-8-17)21-11-13-3-1-2-4-14(13)16(19)20/h1-5,7,12H,6,8-11H2,(H,19,20). The fraction of sp³-hybridized carbons (Fsp3) is 0.412. The monoisotopic (exact) mass is 286 g/mol. The summed E-state index contributed by atoms with van der Waals surface area (Å²) < 4.78 is 5.29. The third-order valence-electron chi connectivity index (χ3n) is 4.54. The molecule has 0 aromatic heterocycles. The molecule has 0 aliphatic heterocycles. The highest BCUT2D eigenvalue weighted by molar-refractivity contribution is 5.89. The van der Waals surface area contributed by atoms with Crippen LogP contribution < -0.4 is 0 Å². The number of aromatic carboxylic acids is 1. The Kier molecular flexibility index (Phi) is 3.53. The van der Waals surface area contributed by atoms with E-state index >= 15 is 0 Å². The lowest BCUT2D eigenvalue weighted by Gasteiger charge is -2.22. The molecule has 2 aliphatic rings. The van der Waals surface area contributed by atoms with E-state index < -0.39 is 5.97 Å². The van der Waals surface area contributed by atoms with Gasteiger partial charge >= 0.3 is 11.9 Å². The van der Waals surface area contributed by atoms with E-state index in [0.29, 0.717) is 17.9 Å². The summed E-state index contributed by atoms with van der Waals surface area (Å²) in [7, 11) is 0. The molecule has 2 atom stereocenters. The molecule has 0 heterocycles. The van der Waals surface area contributed by atoms with E-state index in [0.717, 1.165) is 19.3 Å². The van der Waals surface area contributed by atoms with Crippen molar-refractivity contribution in [3.63, 3.8) is 0 Å². The predicted molar refractivity (Wildman–Crippen MR) is 76.7 cm³/mol. The minimum Gasteiger partial charge on any atom is -0.478 e. The Morgan fingerprint density at radius 3 is 2.76 bits per heavy atom. The zero-order valence-corrected chi connectivity index (χ0v) is 11.7. The number of fused-ring (bicyclic) bond motifs is 2. The van der Waals surface area contributed by atoms with Crippen LogP contribution in [-0.4, -0.2) is 17.0 Å². The third kappa shape index (κ3) is 2.84. The predicted octanol–water partition coefficient (Wildman–Crippen LogP) is 3.17. The maximum absolute atomic E-state index is 12.0. The van der Waals surface area contributed by atoms with Gasteiger partial charge in [-0.1, -0.05) is 30.4 Å². The van der Waals surface area contributed by atoms with Crippen LogP contribution in [-0.2, 0) is 16.1 Å². The van der Waals surface area contributed by atoms with Crippen molar-refractivity contribution >= 4 is 11.9 Å². The fourth-order valence-electron chi connectivity index (χ4n) is 3.43. The van der Waals surface area contributed by atoms with E-state index in [1.165, 1.54) is 6.07 Å². The van der Waals surface area contributed by atoms with Gasteiger partial charge in [-0.3, -0.25) is 4.79 Å². The van der Waals surface area contributed by atoms with Gasteiger partial charge in [0, 0.05) is 5.56 Å². The molecule has 2 bridgehead atoms. The van der Waals surface area contributed by atoms with Gasteiger partial charge in [0.15, 0.2) is 0 Å². The molecule has 110 valence electrons. The number of esters is 1. The first-order chi connectivity index (χ1) is 10.1. The number of carboxylic acids is 1. The molecule has 4 nitrogen and oxygen atoms in total. The summed E-state index contributed by atoms with van der Waals surface area (Å²) >= 11 is 0. The Hall–Kier alpha value is -2.10. The highest BCUT2D eigenvalue weighted by atomic mass is 16.5. The molecule has 1 N–H and O–H groups in total. The zero-order chi connectivity index (χ0) is 14.9. The Bertz CT molecular complexity index is 605. The van der Waals surface area contributed by atoms with Crippen molar-refractivity contribution in [1.29, 1.82) is 0 Å². The van der Waals surface area contributed by atoms with Gasteiger partial charge in [-0.25, -0.2) is 4.79 Å². The first-order valence-electron chi connectivity index (χ1n) is 7.24. The van der Waals surface area contributed by atoms with Crippen LogP contribution in [0.2, 0.25) is 0 Å². The van der Waals surface area contributed by atoms with E-state index in [2.05, 4.69) is 12.2 Å². The molecule has 4 heteroatoms. The molecule has 1 aromatic carbocycles. The van der Waals surface area contributed by atoms with Gasteiger partial charge in [0.05, 0.1) is 12.0 Å². The highest BCUT2D eigenvalue weighted by Crippen LogP contribution is 2.51. The first-order valence-corrected chi connectivity index (χ1v) is 7.24. The zero-order valence-electron chi connectivity index (χ0n) is 11.7. The lowest BCUT2D eigenvalue weighted by molar-refractivity contribution is -0.147. The molecule has 0 spiro atoms. The van der Waals surface area contributed by atoms with Crippen molar-refractivity contribution in [2.24, 2.45) is 11.3 Å².